The Kier molecular flexibility index (Phi) is 6.59. The van der Waals surface area contributed by atoms with E-state index in [0.717, 1.165) is 12.8 Å². The van der Waals surface area contributed by atoms with E-state index in [-0.39, 0.29) is 0 Å². The van der Waals surface area contributed by atoms with Crippen LogP contribution in [0.3, 0.4) is 0 Å². The molecule has 0 saturated carbocycles. The molecule has 0 fully saturated rings. The summed E-state index contributed by atoms with van der Waals surface area (Å²) in [7, 11) is 8.57. The average molecular weight is 325 g/mol. The van der Waals surface area contributed by atoms with Gasteiger partial charge in [-0.1, -0.05) is 48.5 Å². The van der Waals surface area contributed by atoms with Crippen molar-refractivity contribution in [3.63, 3.8) is 0 Å². The van der Waals surface area contributed by atoms with Crippen molar-refractivity contribution < 1.29 is 0 Å². The van der Waals surface area contributed by atoms with Crippen molar-refractivity contribution >= 4 is 0 Å². The number of rotatable bonds is 7. The Morgan fingerprint density at radius 2 is 1.04 bits per heavy atom. The lowest BCUT2D eigenvalue weighted by molar-refractivity contribution is 0.312. The average Bonchev–Trinajstić information content (AvgIpc) is 2.55. The van der Waals surface area contributed by atoms with Crippen LogP contribution in [0.15, 0.2) is 48.5 Å². The zero-order chi connectivity index (χ0) is 17.7. The van der Waals surface area contributed by atoms with Gasteiger partial charge in [-0.3, -0.25) is 0 Å². The Morgan fingerprint density at radius 3 is 1.38 bits per heavy atom. The summed E-state index contributed by atoms with van der Waals surface area (Å²) in [5.41, 5.74) is 5.44. The van der Waals surface area contributed by atoms with Crippen molar-refractivity contribution in [3.8, 4) is 11.1 Å². The third-order valence-electron chi connectivity index (χ3n) is 5.01. The summed E-state index contributed by atoms with van der Waals surface area (Å²) in [4.78, 5) is 4.55. The highest BCUT2D eigenvalue weighted by molar-refractivity contribution is 5.65. The van der Waals surface area contributed by atoms with E-state index in [1.807, 2.05) is 0 Å². The van der Waals surface area contributed by atoms with Gasteiger partial charge in [0.25, 0.3) is 0 Å². The predicted octanol–water partition coefficient (Wildman–Crippen LogP) is 4.34. The van der Waals surface area contributed by atoms with E-state index in [0.29, 0.717) is 12.1 Å². The molecular weight excluding hydrogens is 292 g/mol. The molecule has 0 heterocycles. The Hall–Kier alpha value is -1.64. The quantitative estimate of drug-likeness (QED) is 0.747. The van der Waals surface area contributed by atoms with Crippen LogP contribution >= 0.6 is 0 Å². The smallest absolute Gasteiger partial charge is 0.0101 e. The van der Waals surface area contributed by atoms with Crippen LogP contribution in [0.4, 0.5) is 0 Å². The van der Waals surface area contributed by atoms with Crippen LogP contribution in [0, 0.1) is 0 Å². The van der Waals surface area contributed by atoms with Crippen LogP contribution in [-0.4, -0.2) is 50.1 Å². The Labute approximate surface area is 148 Å². The first kappa shape index (κ1) is 18.7. The molecule has 2 aromatic carbocycles. The topological polar surface area (TPSA) is 6.48 Å². The molecule has 0 aliphatic rings. The molecule has 0 bridgehead atoms. The highest BCUT2D eigenvalue weighted by Crippen LogP contribution is 2.23. The summed E-state index contributed by atoms with van der Waals surface area (Å²) < 4.78 is 0. The van der Waals surface area contributed by atoms with Gasteiger partial charge in [-0.05, 0) is 77.1 Å². The third-order valence-corrected chi connectivity index (χ3v) is 5.01. The highest BCUT2D eigenvalue weighted by Gasteiger charge is 2.09. The minimum atomic E-state index is 0.549. The lowest BCUT2D eigenvalue weighted by Gasteiger charge is -2.20. The summed E-state index contributed by atoms with van der Waals surface area (Å²) >= 11 is 0. The normalized spacial score (nSPS) is 14.2. The Balaban J connectivity index is 2.19. The van der Waals surface area contributed by atoms with Gasteiger partial charge >= 0.3 is 0 Å². The summed E-state index contributed by atoms with van der Waals surface area (Å²) in [5.74, 6) is 0. The molecule has 0 aliphatic carbocycles. The SMILES string of the molecule is CC(Cc1cccc(-c2cccc(CC(C)N(C)C)c2)c1)N(C)C. The van der Waals surface area contributed by atoms with Crippen molar-refractivity contribution in [2.75, 3.05) is 28.2 Å². The zero-order valence-corrected chi connectivity index (χ0v) is 16.1. The van der Waals surface area contributed by atoms with E-state index < -0.39 is 0 Å². The maximum absolute atomic E-state index is 2.34. The molecule has 2 atom stereocenters. The van der Waals surface area contributed by atoms with E-state index in [1.165, 1.54) is 22.3 Å². The molecular formula is C22H32N2. The zero-order valence-electron chi connectivity index (χ0n) is 16.1. The van der Waals surface area contributed by atoms with E-state index in [2.05, 4.69) is 100 Å². The van der Waals surface area contributed by atoms with Crippen molar-refractivity contribution in [1.29, 1.82) is 0 Å². The molecule has 0 radical (unpaired) electrons. The second-order valence-corrected chi connectivity index (χ2v) is 7.43. The van der Waals surface area contributed by atoms with Crippen LogP contribution in [0.25, 0.3) is 11.1 Å². The Bertz CT molecular complexity index is 588. The van der Waals surface area contributed by atoms with E-state index in [9.17, 15) is 0 Å². The van der Waals surface area contributed by atoms with Gasteiger partial charge in [-0.25, -0.2) is 0 Å². The fourth-order valence-corrected chi connectivity index (χ4v) is 2.80. The van der Waals surface area contributed by atoms with Crippen molar-refractivity contribution in [2.45, 2.75) is 38.8 Å². The molecule has 2 aromatic rings. The van der Waals surface area contributed by atoms with Gasteiger partial charge in [0.15, 0.2) is 0 Å². The molecule has 0 aromatic heterocycles. The maximum Gasteiger partial charge on any atom is 0.0101 e. The molecule has 130 valence electrons. The lowest BCUT2D eigenvalue weighted by Crippen LogP contribution is -2.26. The molecule has 0 N–H and O–H groups in total. The van der Waals surface area contributed by atoms with Gasteiger partial charge in [0.2, 0.25) is 0 Å². The van der Waals surface area contributed by atoms with Gasteiger partial charge in [0.05, 0.1) is 0 Å². The van der Waals surface area contributed by atoms with Crippen molar-refractivity contribution in [3.05, 3.63) is 59.7 Å². The molecule has 0 aliphatic heterocycles. The number of hydrogen-bond donors (Lipinski definition) is 0. The number of benzene rings is 2. The largest absolute Gasteiger partial charge is 0.306 e. The summed E-state index contributed by atoms with van der Waals surface area (Å²) in [6.45, 7) is 4.55. The van der Waals surface area contributed by atoms with E-state index >= 15 is 0 Å². The van der Waals surface area contributed by atoms with Crippen molar-refractivity contribution in [1.82, 2.24) is 9.80 Å². The van der Waals surface area contributed by atoms with Crippen molar-refractivity contribution in [2.24, 2.45) is 0 Å². The van der Waals surface area contributed by atoms with Gasteiger partial charge in [0.1, 0.15) is 0 Å². The third kappa shape index (κ3) is 5.19. The number of nitrogens with zero attached hydrogens (tertiary/aromatic N) is 2. The van der Waals surface area contributed by atoms with E-state index in [1.54, 1.807) is 0 Å². The van der Waals surface area contributed by atoms with Gasteiger partial charge in [-0.15, -0.1) is 0 Å². The first-order valence-corrected chi connectivity index (χ1v) is 8.88. The predicted molar refractivity (Wildman–Crippen MR) is 106 cm³/mol. The molecule has 0 spiro atoms. The van der Waals surface area contributed by atoms with Crippen LogP contribution in [0.2, 0.25) is 0 Å². The number of hydrogen-bond acceptors (Lipinski definition) is 2. The molecule has 24 heavy (non-hydrogen) atoms. The minimum Gasteiger partial charge on any atom is -0.306 e. The van der Waals surface area contributed by atoms with E-state index in [4.69, 9.17) is 0 Å². The van der Waals surface area contributed by atoms with Crippen LogP contribution in [0.1, 0.15) is 25.0 Å². The van der Waals surface area contributed by atoms with Crippen LogP contribution in [0.5, 0.6) is 0 Å². The summed E-state index contributed by atoms with van der Waals surface area (Å²) in [6, 6.07) is 19.1. The molecule has 0 amide bonds. The van der Waals surface area contributed by atoms with Gasteiger partial charge < -0.3 is 9.80 Å². The molecule has 2 heteroatoms. The maximum atomic E-state index is 2.34. The summed E-state index contributed by atoms with van der Waals surface area (Å²) in [5, 5.41) is 0. The fraction of sp³-hybridized carbons (Fsp3) is 0.455. The molecule has 2 nitrogen and oxygen atoms in total. The standard InChI is InChI=1S/C22H32N2/c1-17(23(3)4)13-19-9-7-11-21(15-19)22-12-8-10-20(16-22)14-18(2)24(5)6/h7-12,15-18H,13-14H2,1-6H3. The number of likely N-dealkylation sites (N-methyl/N-ethyl adjacent to an activating group) is 2. The van der Waals surface area contributed by atoms with Crippen LogP contribution < -0.4 is 0 Å². The minimum absolute atomic E-state index is 0.549. The summed E-state index contributed by atoms with van der Waals surface area (Å²) in [6.07, 6.45) is 2.16. The van der Waals surface area contributed by atoms with Crippen LogP contribution in [-0.2, 0) is 12.8 Å². The first-order chi connectivity index (χ1) is 11.4. The molecule has 0 saturated heterocycles. The Morgan fingerprint density at radius 1 is 0.667 bits per heavy atom. The molecule has 2 unspecified atom stereocenters. The van der Waals surface area contributed by atoms with Gasteiger partial charge in [-0.2, -0.15) is 0 Å². The second-order valence-electron chi connectivity index (χ2n) is 7.43. The first-order valence-electron chi connectivity index (χ1n) is 8.88. The highest BCUT2D eigenvalue weighted by atomic mass is 15.1. The lowest BCUT2D eigenvalue weighted by atomic mass is 9.97. The van der Waals surface area contributed by atoms with Gasteiger partial charge in [0, 0.05) is 12.1 Å². The fourth-order valence-electron chi connectivity index (χ4n) is 2.80. The second kappa shape index (κ2) is 8.46. The monoisotopic (exact) mass is 324 g/mol. The molecule has 2 rings (SSSR count).